The predicted octanol–water partition coefficient (Wildman–Crippen LogP) is 1.11. The Morgan fingerprint density at radius 1 is 1.25 bits per heavy atom. The Bertz CT molecular complexity index is 361. The van der Waals surface area contributed by atoms with E-state index >= 15 is 0 Å². The normalized spacial score (nSPS) is 11.0. The number of nitrogens with one attached hydrogen (secondary N) is 2. The highest BCUT2D eigenvalue weighted by Gasteiger charge is 2.29. The van der Waals surface area contributed by atoms with Gasteiger partial charge in [-0.25, -0.2) is 5.84 Å². The zero-order valence-electron chi connectivity index (χ0n) is 8.14. The van der Waals surface area contributed by atoms with Gasteiger partial charge in [-0.15, -0.1) is 0 Å². The number of hydrogen-bond donors (Lipinski definition) is 3. The van der Waals surface area contributed by atoms with Gasteiger partial charge in [0.05, 0.1) is 12.1 Å². The summed E-state index contributed by atoms with van der Waals surface area (Å²) in [6.45, 7) is -0.0954. The first-order valence-electron chi connectivity index (χ1n) is 4.34. The molecule has 0 bridgehead atoms. The van der Waals surface area contributed by atoms with Gasteiger partial charge in [-0.1, -0.05) is 0 Å². The van der Waals surface area contributed by atoms with Crippen molar-refractivity contribution in [2.75, 3.05) is 11.9 Å². The summed E-state index contributed by atoms with van der Waals surface area (Å²) in [5, 5.41) is 2.61. The molecule has 88 valence electrons. The molecule has 16 heavy (non-hydrogen) atoms. The Balaban J connectivity index is 2.62. The zero-order valence-corrected chi connectivity index (χ0v) is 8.14. The molecular formula is C9H10F3N3O. The molecule has 7 heteroatoms. The van der Waals surface area contributed by atoms with E-state index in [-0.39, 0.29) is 6.54 Å². The zero-order chi connectivity index (χ0) is 12.2. The molecule has 0 spiro atoms. The Morgan fingerprint density at radius 3 is 2.25 bits per heavy atom. The van der Waals surface area contributed by atoms with Crippen LogP contribution in [0.3, 0.4) is 0 Å². The molecule has 0 aliphatic heterocycles. The number of halogens is 3. The number of amides is 1. The van der Waals surface area contributed by atoms with Crippen LogP contribution < -0.4 is 16.6 Å². The van der Waals surface area contributed by atoms with E-state index in [0.29, 0.717) is 5.69 Å². The molecule has 1 amide bonds. The summed E-state index contributed by atoms with van der Waals surface area (Å²) >= 11 is 0. The van der Waals surface area contributed by atoms with E-state index in [0.717, 1.165) is 12.1 Å². The summed E-state index contributed by atoms with van der Waals surface area (Å²) in [5.41, 5.74) is 1.57. The second kappa shape index (κ2) is 4.84. The van der Waals surface area contributed by atoms with Crippen LogP contribution in [0.15, 0.2) is 24.3 Å². The third kappa shape index (κ3) is 3.43. The van der Waals surface area contributed by atoms with Gasteiger partial charge < -0.3 is 5.32 Å². The average Bonchev–Trinajstić information content (AvgIpc) is 2.25. The largest absolute Gasteiger partial charge is 0.416 e. The van der Waals surface area contributed by atoms with E-state index in [1.165, 1.54) is 12.1 Å². The Labute approximate surface area is 89.6 Å². The molecule has 0 unspecified atom stereocenters. The minimum absolute atomic E-state index is 0.0954. The summed E-state index contributed by atoms with van der Waals surface area (Å²) in [7, 11) is 0. The summed E-state index contributed by atoms with van der Waals surface area (Å²) in [6, 6.07) is 4.35. The fraction of sp³-hybridized carbons (Fsp3) is 0.222. The number of alkyl halides is 3. The lowest BCUT2D eigenvalue weighted by molar-refractivity contribution is -0.137. The Morgan fingerprint density at radius 2 is 1.81 bits per heavy atom. The molecular weight excluding hydrogens is 223 g/mol. The molecule has 0 radical (unpaired) electrons. The van der Waals surface area contributed by atoms with E-state index in [9.17, 15) is 18.0 Å². The van der Waals surface area contributed by atoms with E-state index in [2.05, 4.69) is 5.32 Å². The van der Waals surface area contributed by atoms with Crippen LogP contribution in [0.5, 0.6) is 0 Å². The van der Waals surface area contributed by atoms with Crippen LogP contribution in [-0.4, -0.2) is 12.5 Å². The lowest BCUT2D eigenvalue weighted by atomic mass is 10.2. The van der Waals surface area contributed by atoms with Crippen LogP contribution >= 0.6 is 0 Å². The number of rotatable bonds is 3. The first-order chi connectivity index (χ1) is 7.43. The van der Waals surface area contributed by atoms with Crippen molar-refractivity contribution in [3.63, 3.8) is 0 Å². The van der Waals surface area contributed by atoms with Gasteiger partial charge in [-0.2, -0.15) is 13.2 Å². The van der Waals surface area contributed by atoms with E-state index in [4.69, 9.17) is 5.84 Å². The van der Waals surface area contributed by atoms with Gasteiger partial charge in [-0.3, -0.25) is 10.2 Å². The molecule has 4 N–H and O–H groups in total. The Hall–Kier alpha value is -1.76. The first kappa shape index (κ1) is 12.3. The lowest BCUT2D eigenvalue weighted by Gasteiger charge is -2.08. The minimum Gasteiger partial charge on any atom is -0.376 e. The molecule has 1 rings (SSSR count). The number of carbonyl (C=O) groups is 1. The number of benzene rings is 1. The van der Waals surface area contributed by atoms with Crippen molar-refractivity contribution < 1.29 is 18.0 Å². The maximum absolute atomic E-state index is 12.2. The third-order valence-corrected chi connectivity index (χ3v) is 1.83. The molecule has 1 aromatic carbocycles. The number of hydrazine groups is 1. The van der Waals surface area contributed by atoms with Crippen molar-refractivity contribution in [2.24, 2.45) is 5.84 Å². The van der Waals surface area contributed by atoms with Crippen LogP contribution in [-0.2, 0) is 11.0 Å². The maximum Gasteiger partial charge on any atom is 0.416 e. The third-order valence-electron chi connectivity index (χ3n) is 1.83. The predicted molar refractivity (Wildman–Crippen MR) is 52.3 cm³/mol. The highest BCUT2D eigenvalue weighted by Crippen LogP contribution is 2.29. The van der Waals surface area contributed by atoms with Crippen LogP contribution in [0.2, 0.25) is 0 Å². The molecule has 0 aromatic heterocycles. The summed E-state index contributed by atoms with van der Waals surface area (Å²) in [6.07, 6.45) is -4.35. The molecule has 0 heterocycles. The maximum atomic E-state index is 12.2. The second-order valence-electron chi connectivity index (χ2n) is 3.00. The van der Waals surface area contributed by atoms with Gasteiger partial charge in [0.25, 0.3) is 5.91 Å². The number of carbonyl (C=O) groups excluding carboxylic acids is 1. The average molecular weight is 233 g/mol. The van der Waals surface area contributed by atoms with Crippen molar-refractivity contribution in [3.05, 3.63) is 29.8 Å². The molecule has 1 aromatic rings. The van der Waals surface area contributed by atoms with Gasteiger partial charge in [0.1, 0.15) is 0 Å². The van der Waals surface area contributed by atoms with Gasteiger partial charge in [-0.05, 0) is 24.3 Å². The summed E-state index contributed by atoms with van der Waals surface area (Å²) < 4.78 is 36.6. The van der Waals surface area contributed by atoms with Crippen LogP contribution in [0.1, 0.15) is 5.56 Å². The summed E-state index contributed by atoms with van der Waals surface area (Å²) in [4.78, 5) is 10.7. The monoisotopic (exact) mass is 233 g/mol. The molecule has 0 aliphatic carbocycles. The van der Waals surface area contributed by atoms with Crippen molar-refractivity contribution in [3.8, 4) is 0 Å². The van der Waals surface area contributed by atoms with Crippen molar-refractivity contribution in [1.29, 1.82) is 0 Å². The quantitative estimate of drug-likeness (QED) is 0.416. The fourth-order valence-corrected chi connectivity index (χ4v) is 1.01. The van der Waals surface area contributed by atoms with Crippen LogP contribution in [0.25, 0.3) is 0 Å². The minimum atomic E-state index is -4.35. The SMILES string of the molecule is NNC(=O)CNc1ccc(C(F)(F)F)cc1. The summed E-state index contributed by atoms with van der Waals surface area (Å²) in [5.74, 6) is 4.37. The molecule has 0 atom stereocenters. The van der Waals surface area contributed by atoms with Crippen molar-refractivity contribution in [1.82, 2.24) is 5.43 Å². The van der Waals surface area contributed by atoms with Gasteiger partial charge in [0.2, 0.25) is 0 Å². The molecule has 0 saturated heterocycles. The second-order valence-corrected chi connectivity index (χ2v) is 3.00. The number of anilines is 1. The highest BCUT2D eigenvalue weighted by molar-refractivity contribution is 5.80. The molecule has 0 aliphatic rings. The van der Waals surface area contributed by atoms with Crippen molar-refractivity contribution in [2.45, 2.75) is 6.18 Å². The lowest BCUT2D eigenvalue weighted by Crippen LogP contribution is -2.35. The van der Waals surface area contributed by atoms with E-state index in [1.54, 1.807) is 0 Å². The standard InChI is InChI=1S/C9H10F3N3O/c10-9(11,12)6-1-3-7(4-2-6)14-5-8(16)15-13/h1-4,14H,5,13H2,(H,15,16). The topological polar surface area (TPSA) is 67.1 Å². The van der Waals surface area contributed by atoms with E-state index in [1.807, 2.05) is 5.43 Å². The van der Waals surface area contributed by atoms with Gasteiger partial charge in [0.15, 0.2) is 0 Å². The number of hydrogen-bond acceptors (Lipinski definition) is 3. The van der Waals surface area contributed by atoms with Gasteiger partial charge >= 0.3 is 6.18 Å². The van der Waals surface area contributed by atoms with Crippen LogP contribution in [0.4, 0.5) is 18.9 Å². The van der Waals surface area contributed by atoms with E-state index < -0.39 is 17.6 Å². The van der Waals surface area contributed by atoms with Gasteiger partial charge in [0, 0.05) is 5.69 Å². The molecule has 0 fully saturated rings. The molecule has 4 nitrogen and oxygen atoms in total. The number of nitrogens with two attached hydrogens (primary N) is 1. The highest BCUT2D eigenvalue weighted by atomic mass is 19.4. The van der Waals surface area contributed by atoms with Crippen LogP contribution in [0, 0.1) is 0 Å². The first-order valence-corrected chi connectivity index (χ1v) is 4.34. The fourth-order valence-electron chi connectivity index (χ4n) is 1.01. The van der Waals surface area contributed by atoms with Crippen molar-refractivity contribution >= 4 is 11.6 Å². The smallest absolute Gasteiger partial charge is 0.376 e. The molecule has 0 saturated carbocycles. The Kier molecular flexibility index (Phi) is 3.73.